The van der Waals surface area contributed by atoms with Gasteiger partial charge in [-0.05, 0) is 25.5 Å². The van der Waals surface area contributed by atoms with E-state index in [4.69, 9.17) is 21.1 Å². The Balaban J connectivity index is 1.97. The summed E-state index contributed by atoms with van der Waals surface area (Å²) in [5.74, 6) is -1.66. The fourth-order valence-corrected chi connectivity index (χ4v) is 2.95. The Bertz CT molecular complexity index is 826. The third-order valence-corrected chi connectivity index (χ3v) is 4.41. The van der Waals surface area contributed by atoms with Crippen molar-refractivity contribution in [1.29, 1.82) is 0 Å². The van der Waals surface area contributed by atoms with Crippen molar-refractivity contribution in [2.45, 2.75) is 32.8 Å². The van der Waals surface area contributed by atoms with Crippen molar-refractivity contribution in [3.05, 3.63) is 40.1 Å². The smallest absolute Gasteiger partial charge is 0.342 e. The average Bonchev–Trinajstić information content (AvgIpc) is 3.06. The standard InChI is InChI=1S/C17H18ClN3O5S/c1-3-12(26-16(24)11-6-5-7-19-14(11)18)15(23)21-17-20-10(9-27-17)8-13(22)25-4-2/h5-7,9,12H,3-4,8H2,1-2H3,(H,20,21,23). The maximum absolute atomic E-state index is 12.4. The Morgan fingerprint density at radius 2 is 2.11 bits per heavy atom. The van der Waals surface area contributed by atoms with Gasteiger partial charge in [-0.15, -0.1) is 11.3 Å². The van der Waals surface area contributed by atoms with Crippen LogP contribution in [0.3, 0.4) is 0 Å². The van der Waals surface area contributed by atoms with E-state index in [1.165, 1.54) is 12.3 Å². The van der Waals surface area contributed by atoms with Gasteiger partial charge in [0.15, 0.2) is 11.2 Å². The van der Waals surface area contributed by atoms with Crippen LogP contribution in [0.2, 0.25) is 5.15 Å². The number of ether oxygens (including phenoxy) is 2. The van der Waals surface area contributed by atoms with Crippen molar-refractivity contribution in [2.75, 3.05) is 11.9 Å². The molecule has 0 aromatic carbocycles. The van der Waals surface area contributed by atoms with Crippen molar-refractivity contribution >= 4 is 45.9 Å². The summed E-state index contributed by atoms with van der Waals surface area (Å²) < 4.78 is 10.1. The highest BCUT2D eigenvalue weighted by atomic mass is 35.5. The summed E-state index contributed by atoms with van der Waals surface area (Å²) in [5, 5.41) is 4.53. The van der Waals surface area contributed by atoms with Crippen LogP contribution in [0.25, 0.3) is 0 Å². The van der Waals surface area contributed by atoms with E-state index in [1.54, 1.807) is 25.3 Å². The molecule has 27 heavy (non-hydrogen) atoms. The Labute approximate surface area is 164 Å². The molecular formula is C17H18ClN3O5S. The van der Waals surface area contributed by atoms with Gasteiger partial charge in [-0.25, -0.2) is 14.8 Å². The van der Waals surface area contributed by atoms with E-state index in [0.717, 1.165) is 11.3 Å². The van der Waals surface area contributed by atoms with E-state index in [9.17, 15) is 14.4 Å². The largest absolute Gasteiger partial charge is 0.466 e. The molecule has 10 heteroatoms. The normalized spacial score (nSPS) is 11.5. The number of carbonyl (C=O) groups excluding carboxylic acids is 3. The monoisotopic (exact) mass is 411 g/mol. The molecule has 1 atom stereocenters. The Hall–Kier alpha value is -2.52. The van der Waals surface area contributed by atoms with E-state index in [2.05, 4.69) is 15.3 Å². The lowest BCUT2D eigenvalue weighted by atomic mass is 10.2. The predicted molar refractivity (Wildman–Crippen MR) is 99.8 cm³/mol. The summed E-state index contributed by atoms with van der Waals surface area (Å²) in [6, 6.07) is 3.01. The van der Waals surface area contributed by atoms with E-state index < -0.39 is 23.9 Å². The number of hydrogen-bond acceptors (Lipinski definition) is 8. The number of hydrogen-bond donors (Lipinski definition) is 1. The molecule has 2 rings (SSSR count). The summed E-state index contributed by atoms with van der Waals surface area (Å²) in [6.07, 6.45) is 0.702. The summed E-state index contributed by atoms with van der Waals surface area (Å²) in [6.45, 7) is 3.71. The van der Waals surface area contributed by atoms with Crippen LogP contribution in [0.15, 0.2) is 23.7 Å². The molecule has 2 aromatic rings. The van der Waals surface area contributed by atoms with Crippen LogP contribution in [-0.2, 0) is 25.5 Å². The lowest BCUT2D eigenvalue weighted by Gasteiger charge is -2.15. The van der Waals surface area contributed by atoms with Crippen LogP contribution in [0.5, 0.6) is 0 Å². The maximum atomic E-state index is 12.4. The van der Waals surface area contributed by atoms with E-state index in [-0.39, 0.29) is 30.2 Å². The second kappa shape index (κ2) is 9.98. The number of anilines is 1. The molecule has 0 spiro atoms. The number of thiazole rings is 1. The number of nitrogens with one attached hydrogen (secondary N) is 1. The van der Waals surface area contributed by atoms with E-state index in [0.29, 0.717) is 10.8 Å². The lowest BCUT2D eigenvalue weighted by Crippen LogP contribution is -2.32. The van der Waals surface area contributed by atoms with E-state index in [1.807, 2.05) is 0 Å². The number of carbonyl (C=O) groups is 3. The molecule has 2 aromatic heterocycles. The van der Waals surface area contributed by atoms with Gasteiger partial charge in [-0.3, -0.25) is 14.9 Å². The number of rotatable bonds is 8. The Kier molecular flexibility index (Phi) is 7.68. The molecular weight excluding hydrogens is 394 g/mol. The van der Waals surface area contributed by atoms with Crippen LogP contribution in [0.4, 0.5) is 5.13 Å². The first kappa shape index (κ1) is 20.8. The molecule has 0 bridgehead atoms. The molecule has 2 heterocycles. The molecule has 1 amide bonds. The first-order valence-electron chi connectivity index (χ1n) is 8.17. The minimum Gasteiger partial charge on any atom is -0.466 e. The van der Waals surface area contributed by atoms with Crippen LogP contribution in [-0.4, -0.2) is 40.5 Å². The molecule has 144 valence electrons. The summed E-state index contributed by atoms with van der Waals surface area (Å²) in [5.41, 5.74) is 0.567. The van der Waals surface area contributed by atoms with Gasteiger partial charge < -0.3 is 9.47 Å². The van der Waals surface area contributed by atoms with Crippen molar-refractivity contribution in [3.63, 3.8) is 0 Å². The highest BCUT2D eigenvalue weighted by Gasteiger charge is 2.24. The summed E-state index contributed by atoms with van der Waals surface area (Å²) in [4.78, 5) is 44.0. The van der Waals surface area contributed by atoms with Crippen LogP contribution >= 0.6 is 22.9 Å². The summed E-state index contributed by atoms with van der Waals surface area (Å²) >= 11 is 7.02. The summed E-state index contributed by atoms with van der Waals surface area (Å²) in [7, 11) is 0. The number of aromatic nitrogens is 2. The number of esters is 2. The zero-order valence-electron chi connectivity index (χ0n) is 14.7. The molecule has 0 saturated heterocycles. The Morgan fingerprint density at radius 1 is 1.33 bits per heavy atom. The van der Waals surface area contributed by atoms with Crippen molar-refractivity contribution in [3.8, 4) is 0 Å². The average molecular weight is 412 g/mol. The SMILES string of the molecule is CCOC(=O)Cc1csc(NC(=O)C(CC)OC(=O)c2cccnc2Cl)n1. The second-order valence-corrected chi connectivity index (χ2v) is 6.48. The number of amides is 1. The fraction of sp³-hybridized carbons (Fsp3) is 0.353. The lowest BCUT2D eigenvalue weighted by molar-refractivity contribution is -0.142. The molecule has 8 nitrogen and oxygen atoms in total. The molecule has 0 aliphatic heterocycles. The molecule has 1 unspecified atom stereocenters. The molecule has 0 fully saturated rings. The zero-order valence-corrected chi connectivity index (χ0v) is 16.3. The van der Waals surface area contributed by atoms with Gasteiger partial charge in [-0.2, -0.15) is 0 Å². The zero-order chi connectivity index (χ0) is 19.8. The predicted octanol–water partition coefficient (Wildman–Crippen LogP) is 2.87. The highest BCUT2D eigenvalue weighted by Crippen LogP contribution is 2.18. The van der Waals surface area contributed by atoms with Crippen molar-refractivity contribution < 1.29 is 23.9 Å². The topological polar surface area (TPSA) is 107 Å². The van der Waals surface area contributed by atoms with Crippen molar-refractivity contribution in [1.82, 2.24) is 9.97 Å². The quantitative estimate of drug-likeness (QED) is 0.525. The van der Waals surface area contributed by atoms with Crippen LogP contribution < -0.4 is 5.32 Å². The highest BCUT2D eigenvalue weighted by molar-refractivity contribution is 7.13. The maximum Gasteiger partial charge on any atom is 0.342 e. The van der Waals surface area contributed by atoms with Gasteiger partial charge in [0.05, 0.1) is 24.3 Å². The molecule has 0 aliphatic rings. The third-order valence-electron chi connectivity index (χ3n) is 3.30. The number of nitrogens with zero attached hydrogens (tertiary/aromatic N) is 2. The minimum atomic E-state index is -1.02. The first-order chi connectivity index (χ1) is 12.9. The van der Waals surface area contributed by atoms with Gasteiger partial charge in [0.1, 0.15) is 5.15 Å². The van der Waals surface area contributed by atoms with Crippen molar-refractivity contribution in [2.24, 2.45) is 0 Å². The van der Waals surface area contributed by atoms with E-state index >= 15 is 0 Å². The van der Waals surface area contributed by atoms with Crippen LogP contribution in [0, 0.1) is 0 Å². The van der Waals surface area contributed by atoms with Crippen LogP contribution in [0.1, 0.15) is 36.3 Å². The Morgan fingerprint density at radius 3 is 2.78 bits per heavy atom. The molecule has 0 aliphatic carbocycles. The van der Waals surface area contributed by atoms with Gasteiger partial charge in [-0.1, -0.05) is 18.5 Å². The van der Waals surface area contributed by atoms with Gasteiger partial charge in [0, 0.05) is 11.6 Å². The number of halogens is 1. The first-order valence-corrected chi connectivity index (χ1v) is 9.42. The molecule has 1 N–H and O–H groups in total. The van der Waals surface area contributed by atoms with Gasteiger partial charge in [0.25, 0.3) is 5.91 Å². The van der Waals surface area contributed by atoms with Gasteiger partial charge >= 0.3 is 11.9 Å². The second-order valence-electron chi connectivity index (χ2n) is 5.26. The van der Waals surface area contributed by atoms with Gasteiger partial charge in [0.2, 0.25) is 0 Å². The molecule has 0 radical (unpaired) electrons. The fourth-order valence-electron chi connectivity index (χ4n) is 2.04. The molecule has 0 saturated carbocycles. The number of pyridine rings is 1. The minimum absolute atomic E-state index is 0.00120. The third kappa shape index (κ3) is 6.00.